The molecule has 0 saturated carbocycles. The van der Waals surface area contributed by atoms with Gasteiger partial charge < -0.3 is 13.6 Å². The molecule has 0 radical (unpaired) electrons. The van der Waals surface area contributed by atoms with Crippen molar-refractivity contribution in [2.24, 2.45) is 0 Å². The van der Waals surface area contributed by atoms with Gasteiger partial charge in [-0.2, -0.15) is 0 Å². The molecule has 3 nitrogen and oxygen atoms in total. The predicted octanol–water partition coefficient (Wildman–Crippen LogP) is 7.96. The molecule has 0 bridgehead atoms. The standard InChI is InChI=1S/C22H47BrO3Si/c1-5-7-9-10-11-12-15-18-22(24-20-8-6-2)26-27(3,4)25-21-17-14-13-16-19-23/h22H,5-21H2,1-4H3. The smallest absolute Gasteiger partial charge is 0.333 e. The lowest BCUT2D eigenvalue weighted by atomic mass is 10.1. The van der Waals surface area contributed by atoms with E-state index >= 15 is 0 Å². The van der Waals surface area contributed by atoms with Crippen LogP contribution in [0.5, 0.6) is 0 Å². The van der Waals surface area contributed by atoms with Gasteiger partial charge in [0.25, 0.3) is 0 Å². The Kier molecular flexibility index (Phi) is 20.3. The Morgan fingerprint density at radius 1 is 0.704 bits per heavy atom. The summed E-state index contributed by atoms with van der Waals surface area (Å²) >= 11 is 3.49. The molecule has 1 unspecified atom stereocenters. The van der Waals surface area contributed by atoms with Crippen molar-refractivity contribution in [1.29, 1.82) is 0 Å². The molecule has 164 valence electrons. The van der Waals surface area contributed by atoms with Crippen LogP contribution in [0.4, 0.5) is 0 Å². The van der Waals surface area contributed by atoms with Gasteiger partial charge in [-0.1, -0.05) is 87.6 Å². The van der Waals surface area contributed by atoms with Crippen LogP contribution in [-0.4, -0.2) is 33.4 Å². The lowest BCUT2D eigenvalue weighted by Crippen LogP contribution is -2.40. The average Bonchev–Trinajstić information content (AvgIpc) is 2.63. The van der Waals surface area contributed by atoms with Crippen molar-refractivity contribution in [3.8, 4) is 0 Å². The van der Waals surface area contributed by atoms with Crippen molar-refractivity contribution in [2.45, 2.75) is 123 Å². The molecule has 0 rings (SSSR count). The molecule has 5 heteroatoms. The van der Waals surface area contributed by atoms with E-state index in [2.05, 4.69) is 42.9 Å². The second-order valence-corrected chi connectivity index (χ2v) is 12.2. The average molecular weight is 468 g/mol. The number of hydrogen-bond donors (Lipinski definition) is 0. The van der Waals surface area contributed by atoms with E-state index in [4.69, 9.17) is 13.6 Å². The quantitative estimate of drug-likeness (QED) is 0.0742. The first kappa shape index (κ1) is 27.6. The Hall–Kier alpha value is 0.577. The number of ether oxygens (including phenoxy) is 1. The zero-order chi connectivity index (χ0) is 20.2. The van der Waals surface area contributed by atoms with Crippen LogP contribution >= 0.6 is 15.9 Å². The number of halogens is 1. The van der Waals surface area contributed by atoms with E-state index in [1.165, 1.54) is 64.2 Å². The Morgan fingerprint density at radius 3 is 1.96 bits per heavy atom. The summed E-state index contributed by atoms with van der Waals surface area (Å²) < 4.78 is 18.5. The highest BCUT2D eigenvalue weighted by Crippen LogP contribution is 2.18. The van der Waals surface area contributed by atoms with E-state index in [-0.39, 0.29) is 6.29 Å². The third-order valence-electron chi connectivity index (χ3n) is 4.74. The molecule has 0 N–H and O–H groups in total. The highest BCUT2D eigenvalue weighted by Gasteiger charge is 2.29. The van der Waals surface area contributed by atoms with Gasteiger partial charge in [0.2, 0.25) is 0 Å². The highest BCUT2D eigenvalue weighted by molar-refractivity contribution is 9.09. The third-order valence-corrected chi connectivity index (χ3v) is 7.03. The number of unbranched alkanes of at least 4 members (excludes halogenated alkanes) is 10. The molecule has 0 amide bonds. The molecule has 0 fully saturated rings. The molecular formula is C22H47BrO3Si. The van der Waals surface area contributed by atoms with Gasteiger partial charge >= 0.3 is 8.56 Å². The van der Waals surface area contributed by atoms with Crippen LogP contribution in [0.25, 0.3) is 0 Å². The fourth-order valence-electron chi connectivity index (χ4n) is 3.02. The van der Waals surface area contributed by atoms with Crippen molar-refractivity contribution in [3.63, 3.8) is 0 Å². The van der Waals surface area contributed by atoms with Gasteiger partial charge in [0.05, 0.1) is 0 Å². The summed E-state index contributed by atoms with van der Waals surface area (Å²) in [6.07, 6.45) is 17.4. The second kappa shape index (κ2) is 19.9. The normalized spacial score (nSPS) is 13.2. The van der Waals surface area contributed by atoms with E-state index in [1.54, 1.807) is 0 Å². The van der Waals surface area contributed by atoms with Gasteiger partial charge in [-0.25, -0.2) is 0 Å². The summed E-state index contributed by atoms with van der Waals surface area (Å²) in [6.45, 7) is 10.4. The van der Waals surface area contributed by atoms with Crippen LogP contribution < -0.4 is 0 Å². The molecule has 0 aromatic carbocycles. The molecule has 0 spiro atoms. The van der Waals surface area contributed by atoms with Crippen LogP contribution in [0.1, 0.15) is 104 Å². The maximum Gasteiger partial charge on any atom is 0.333 e. The van der Waals surface area contributed by atoms with Gasteiger partial charge in [-0.15, -0.1) is 0 Å². The fraction of sp³-hybridized carbons (Fsp3) is 1.00. The minimum atomic E-state index is -2.12. The molecular weight excluding hydrogens is 420 g/mol. The van der Waals surface area contributed by atoms with Gasteiger partial charge in [-0.3, -0.25) is 0 Å². The summed E-state index contributed by atoms with van der Waals surface area (Å²) in [5.74, 6) is 0. The maximum atomic E-state index is 6.34. The van der Waals surface area contributed by atoms with Crippen LogP contribution in [0, 0.1) is 0 Å². The maximum absolute atomic E-state index is 6.34. The lowest BCUT2D eigenvalue weighted by molar-refractivity contribution is -0.104. The van der Waals surface area contributed by atoms with Crippen molar-refractivity contribution in [3.05, 3.63) is 0 Å². The number of hydrogen-bond acceptors (Lipinski definition) is 3. The monoisotopic (exact) mass is 466 g/mol. The molecule has 0 heterocycles. The fourth-order valence-corrected chi connectivity index (χ4v) is 4.94. The second-order valence-electron chi connectivity index (χ2n) is 8.03. The highest BCUT2D eigenvalue weighted by atomic mass is 79.9. The summed E-state index contributed by atoms with van der Waals surface area (Å²) in [7, 11) is -2.12. The van der Waals surface area contributed by atoms with Crippen molar-refractivity contribution < 1.29 is 13.6 Å². The van der Waals surface area contributed by atoms with E-state index < -0.39 is 8.56 Å². The number of alkyl halides is 1. The number of rotatable bonds is 21. The molecule has 0 aromatic rings. The van der Waals surface area contributed by atoms with Gasteiger partial charge in [-0.05, 0) is 45.2 Å². The minimum absolute atomic E-state index is 0.0812. The summed E-state index contributed by atoms with van der Waals surface area (Å²) in [6, 6.07) is 0. The van der Waals surface area contributed by atoms with E-state index in [0.29, 0.717) is 0 Å². The Balaban J connectivity index is 4.07. The summed E-state index contributed by atoms with van der Waals surface area (Å²) in [5, 5.41) is 1.10. The predicted molar refractivity (Wildman–Crippen MR) is 124 cm³/mol. The lowest BCUT2D eigenvalue weighted by Gasteiger charge is -2.29. The summed E-state index contributed by atoms with van der Waals surface area (Å²) in [5.41, 5.74) is 0. The zero-order valence-electron chi connectivity index (χ0n) is 18.7. The first-order chi connectivity index (χ1) is 13.1. The topological polar surface area (TPSA) is 27.7 Å². The van der Waals surface area contributed by atoms with Crippen LogP contribution in [0.3, 0.4) is 0 Å². The van der Waals surface area contributed by atoms with Gasteiger partial charge in [0, 0.05) is 18.5 Å². The Morgan fingerprint density at radius 2 is 1.30 bits per heavy atom. The van der Waals surface area contributed by atoms with E-state index in [0.717, 1.165) is 44.2 Å². The Labute approximate surface area is 179 Å². The molecule has 0 aromatic heterocycles. The molecule has 0 aliphatic carbocycles. The SMILES string of the molecule is CCCCCCCCCC(OCCCC)O[Si](C)(C)OCCCCCCBr. The van der Waals surface area contributed by atoms with Gasteiger partial charge in [0.1, 0.15) is 6.29 Å². The van der Waals surface area contributed by atoms with Crippen LogP contribution in [-0.2, 0) is 13.6 Å². The first-order valence-electron chi connectivity index (χ1n) is 11.5. The van der Waals surface area contributed by atoms with Crippen molar-refractivity contribution in [1.82, 2.24) is 0 Å². The summed E-state index contributed by atoms with van der Waals surface area (Å²) in [4.78, 5) is 0. The molecule has 0 saturated heterocycles. The van der Waals surface area contributed by atoms with Crippen LogP contribution in [0.15, 0.2) is 0 Å². The third kappa shape index (κ3) is 19.7. The Bertz CT molecular complexity index is 303. The minimum Gasteiger partial charge on any atom is -0.394 e. The van der Waals surface area contributed by atoms with Crippen molar-refractivity contribution in [2.75, 3.05) is 18.5 Å². The van der Waals surface area contributed by atoms with E-state index in [1.807, 2.05) is 0 Å². The van der Waals surface area contributed by atoms with E-state index in [9.17, 15) is 0 Å². The largest absolute Gasteiger partial charge is 0.394 e. The van der Waals surface area contributed by atoms with Gasteiger partial charge in [0.15, 0.2) is 0 Å². The molecule has 1 atom stereocenters. The van der Waals surface area contributed by atoms with Crippen LogP contribution in [0.2, 0.25) is 13.1 Å². The zero-order valence-corrected chi connectivity index (χ0v) is 21.3. The molecule has 0 aliphatic rings. The molecule has 27 heavy (non-hydrogen) atoms. The first-order valence-corrected chi connectivity index (χ1v) is 15.5. The molecule has 0 aliphatic heterocycles. The van der Waals surface area contributed by atoms with Crippen molar-refractivity contribution >= 4 is 24.5 Å².